The summed E-state index contributed by atoms with van der Waals surface area (Å²) >= 11 is 0. The highest BCUT2D eigenvalue weighted by Gasteiger charge is 2.02. The average Bonchev–Trinajstić information content (AvgIpc) is 2.15. The smallest absolute Gasteiger partial charge is 0.269 e. The Morgan fingerprint density at radius 2 is 1.92 bits per heavy atom. The Morgan fingerprint density at radius 1 is 1.31 bits per heavy atom. The van der Waals surface area contributed by atoms with E-state index in [2.05, 4.69) is 0 Å². The SMILES string of the molecule is O=CCCc1ccc([N+](=O)[O-])cc1. The Bertz CT molecular complexity index is 305. The lowest BCUT2D eigenvalue weighted by Gasteiger charge is -1.95. The highest BCUT2D eigenvalue weighted by molar-refractivity contribution is 5.50. The molecule has 0 amide bonds. The Kier molecular flexibility index (Phi) is 3.14. The van der Waals surface area contributed by atoms with Crippen molar-refractivity contribution < 1.29 is 9.72 Å². The van der Waals surface area contributed by atoms with Gasteiger partial charge in [-0.15, -0.1) is 0 Å². The average molecular weight is 179 g/mol. The molecule has 0 N–H and O–H groups in total. The Hall–Kier alpha value is -1.71. The summed E-state index contributed by atoms with van der Waals surface area (Å²) in [6, 6.07) is 6.23. The van der Waals surface area contributed by atoms with Crippen molar-refractivity contribution in [3.8, 4) is 0 Å². The molecule has 0 spiro atoms. The van der Waals surface area contributed by atoms with Crippen LogP contribution < -0.4 is 0 Å². The van der Waals surface area contributed by atoms with E-state index in [1.165, 1.54) is 12.1 Å². The van der Waals surface area contributed by atoms with Crippen LogP contribution in [0.2, 0.25) is 0 Å². The molecular formula is C9H9NO3. The van der Waals surface area contributed by atoms with Gasteiger partial charge >= 0.3 is 0 Å². The fourth-order valence-electron chi connectivity index (χ4n) is 1.01. The Balaban J connectivity index is 2.69. The van der Waals surface area contributed by atoms with Gasteiger partial charge in [0, 0.05) is 18.6 Å². The fraction of sp³-hybridized carbons (Fsp3) is 0.222. The van der Waals surface area contributed by atoms with Gasteiger partial charge < -0.3 is 4.79 Å². The van der Waals surface area contributed by atoms with Gasteiger partial charge in [-0.05, 0) is 12.0 Å². The maximum absolute atomic E-state index is 10.3. The molecule has 13 heavy (non-hydrogen) atoms. The lowest BCUT2D eigenvalue weighted by Crippen LogP contribution is -1.89. The second kappa shape index (κ2) is 4.35. The van der Waals surface area contributed by atoms with Crippen LogP contribution >= 0.6 is 0 Å². The number of aryl methyl sites for hydroxylation is 1. The number of non-ortho nitro benzene ring substituents is 1. The summed E-state index contributed by atoms with van der Waals surface area (Å²) < 4.78 is 0. The summed E-state index contributed by atoms with van der Waals surface area (Å²) in [5.41, 5.74) is 1.02. The van der Waals surface area contributed by atoms with Crippen LogP contribution in [0, 0.1) is 10.1 Å². The molecular weight excluding hydrogens is 170 g/mol. The second-order valence-corrected chi connectivity index (χ2v) is 2.63. The number of nitro benzene ring substituents is 1. The van der Waals surface area contributed by atoms with Crippen molar-refractivity contribution in [1.29, 1.82) is 0 Å². The maximum atomic E-state index is 10.3. The largest absolute Gasteiger partial charge is 0.303 e. The number of nitro groups is 1. The second-order valence-electron chi connectivity index (χ2n) is 2.63. The number of rotatable bonds is 4. The normalized spacial score (nSPS) is 9.54. The van der Waals surface area contributed by atoms with Crippen LogP contribution in [-0.2, 0) is 11.2 Å². The third-order valence-electron chi connectivity index (χ3n) is 1.70. The van der Waals surface area contributed by atoms with Crippen LogP contribution in [0.4, 0.5) is 5.69 Å². The van der Waals surface area contributed by atoms with Gasteiger partial charge in [0.15, 0.2) is 0 Å². The summed E-state index contributed by atoms with van der Waals surface area (Å²) in [4.78, 5) is 19.9. The van der Waals surface area contributed by atoms with Crippen LogP contribution in [0.3, 0.4) is 0 Å². The van der Waals surface area contributed by atoms with Crippen molar-refractivity contribution in [1.82, 2.24) is 0 Å². The van der Waals surface area contributed by atoms with Crippen molar-refractivity contribution in [3.63, 3.8) is 0 Å². The quantitative estimate of drug-likeness (QED) is 0.401. The third-order valence-corrected chi connectivity index (χ3v) is 1.70. The molecule has 1 aromatic rings. The molecule has 0 aliphatic rings. The topological polar surface area (TPSA) is 60.2 Å². The lowest BCUT2D eigenvalue weighted by atomic mass is 10.1. The molecule has 68 valence electrons. The molecule has 0 aliphatic carbocycles. The number of aldehydes is 1. The minimum absolute atomic E-state index is 0.0786. The number of carbonyl (C=O) groups excluding carboxylic acids is 1. The first kappa shape index (κ1) is 9.38. The van der Waals surface area contributed by atoms with Crippen LogP contribution in [0.1, 0.15) is 12.0 Å². The molecule has 0 aliphatic heterocycles. The maximum Gasteiger partial charge on any atom is 0.269 e. The van der Waals surface area contributed by atoms with Gasteiger partial charge in [-0.25, -0.2) is 0 Å². The van der Waals surface area contributed by atoms with Gasteiger partial charge in [0.25, 0.3) is 5.69 Å². The van der Waals surface area contributed by atoms with Crippen molar-refractivity contribution in [2.24, 2.45) is 0 Å². The summed E-state index contributed by atoms with van der Waals surface area (Å²) in [5, 5.41) is 10.3. The number of hydrogen-bond acceptors (Lipinski definition) is 3. The summed E-state index contributed by atoms with van der Waals surface area (Å²) in [5.74, 6) is 0. The summed E-state index contributed by atoms with van der Waals surface area (Å²) in [6.07, 6.45) is 1.93. The van der Waals surface area contributed by atoms with E-state index in [1.54, 1.807) is 12.1 Å². The highest BCUT2D eigenvalue weighted by atomic mass is 16.6. The van der Waals surface area contributed by atoms with Gasteiger partial charge in [-0.3, -0.25) is 10.1 Å². The van der Waals surface area contributed by atoms with Gasteiger partial charge in [0.05, 0.1) is 4.92 Å². The first-order valence-corrected chi connectivity index (χ1v) is 3.91. The van der Waals surface area contributed by atoms with Crippen LogP contribution in [0.25, 0.3) is 0 Å². The molecule has 4 nitrogen and oxygen atoms in total. The molecule has 1 aromatic carbocycles. The van der Waals surface area contributed by atoms with E-state index >= 15 is 0 Å². The van der Waals surface area contributed by atoms with E-state index in [-0.39, 0.29) is 5.69 Å². The van der Waals surface area contributed by atoms with E-state index in [0.29, 0.717) is 12.8 Å². The van der Waals surface area contributed by atoms with E-state index in [4.69, 9.17) is 0 Å². The van der Waals surface area contributed by atoms with E-state index in [9.17, 15) is 14.9 Å². The summed E-state index contributed by atoms with van der Waals surface area (Å²) in [7, 11) is 0. The number of nitrogens with zero attached hydrogens (tertiary/aromatic N) is 1. The molecule has 0 bridgehead atoms. The van der Waals surface area contributed by atoms with Gasteiger partial charge in [0.2, 0.25) is 0 Å². The van der Waals surface area contributed by atoms with Gasteiger partial charge in [0.1, 0.15) is 6.29 Å². The number of carbonyl (C=O) groups is 1. The van der Waals surface area contributed by atoms with Crippen LogP contribution in [-0.4, -0.2) is 11.2 Å². The molecule has 0 heterocycles. The zero-order chi connectivity index (χ0) is 9.68. The minimum Gasteiger partial charge on any atom is -0.303 e. The first-order valence-electron chi connectivity index (χ1n) is 3.91. The molecule has 0 aromatic heterocycles. The van der Waals surface area contributed by atoms with Crippen molar-refractivity contribution in [2.45, 2.75) is 12.8 Å². The van der Waals surface area contributed by atoms with Gasteiger partial charge in [-0.1, -0.05) is 12.1 Å². The molecule has 0 saturated carbocycles. The van der Waals surface area contributed by atoms with E-state index in [0.717, 1.165) is 11.8 Å². The predicted molar refractivity (Wildman–Crippen MR) is 47.5 cm³/mol. The zero-order valence-corrected chi connectivity index (χ0v) is 6.97. The minimum atomic E-state index is -0.441. The first-order chi connectivity index (χ1) is 6.24. The Labute approximate surface area is 75.3 Å². The van der Waals surface area contributed by atoms with Crippen molar-refractivity contribution in [2.75, 3.05) is 0 Å². The van der Waals surface area contributed by atoms with Crippen LogP contribution in [0.15, 0.2) is 24.3 Å². The number of benzene rings is 1. The zero-order valence-electron chi connectivity index (χ0n) is 6.97. The van der Waals surface area contributed by atoms with Gasteiger partial charge in [-0.2, -0.15) is 0 Å². The number of hydrogen-bond donors (Lipinski definition) is 0. The third kappa shape index (κ3) is 2.66. The Morgan fingerprint density at radius 3 is 2.38 bits per heavy atom. The molecule has 4 heteroatoms. The standard InChI is InChI=1S/C9H9NO3/c11-7-1-2-8-3-5-9(6-4-8)10(12)13/h3-7H,1-2H2. The molecule has 0 unspecified atom stereocenters. The molecule has 0 saturated heterocycles. The molecule has 1 rings (SSSR count). The van der Waals surface area contributed by atoms with Crippen molar-refractivity contribution in [3.05, 3.63) is 39.9 Å². The fourth-order valence-corrected chi connectivity index (χ4v) is 1.01. The van der Waals surface area contributed by atoms with E-state index in [1.807, 2.05) is 0 Å². The summed E-state index contributed by atoms with van der Waals surface area (Å²) in [6.45, 7) is 0. The van der Waals surface area contributed by atoms with Crippen LogP contribution in [0.5, 0.6) is 0 Å². The van der Waals surface area contributed by atoms with Crippen molar-refractivity contribution >= 4 is 12.0 Å². The molecule has 0 atom stereocenters. The highest BCUT2D eigenvalue weighted by Crippen LogP contribution is 2.12. The lowest BCUT2D eigenvalue weighted by molar-refractivity contribution is -0.384. The monoisotopic (exact) mass is 179 g/mol. The molecule has 0 fully saturated rings. The predicted octanol–water partition coefficient (Wildman–Crippen LogP) is 1.73. The molecule has 0 radical (unpaired) electrons. The van der Waals surface area contributed by atoms with E-state index < -0.39 is 4.92 Å².